The van der Waals surface area contributed by atoms with E-state index in [0.717, 1.165) is 15.7 Å². The van der Waals surface area contributed by atoms with Crippen molar-refractivity contribution in [3.8, 4) is 0 Å². The minimum Gasteiger partial charge on any atom is -0.255 e. The van der Waals surface area contributed by atoms with Crippen LogP contribution in [0.1, 0.15) is 5.56 Å². The summed E-state index contributed by atoms with van der Waals surface area (Å²) in [7, 11) is 0. The Labute approximate surface area is 134 Å². The van der Waals surface area contributed by atoms with Crippen LogP contribution in [0.5, 0.6) is 0 Å². The average Bonchev–Trinajstić information content (AvgIpc) is 2.50. The van der Waals surface area contributed by atoms with Crippen molar-refractivity contribution in [3.63, 3.8) is 0 Å². The number of hydrazone groups is 1. The Bertz CT molecular complexity index is 730. The third kappa shape index (κ3) is 3.51. The van der Waals surface area contributed by atoms with Gasteiger partial charge in [-0.05, 0) is 29.8 Å². The number of hydrogen-bond acceptors (Lipinski definition) is 3. The molecule has 0 unspecified atom stereocenters. The molecule has 1 aliphatic heterocycles. The molecule has 0 aliphatic carbocycles. The second-order valence-corrected chi connectivity index (χ2v) is 6.22. The lowest BCUT2D eigenvalue weighted by Gasteiger charge is -2.15. The molecule has 0 spiro atoms. The molecule has 1 N–H and O–H groups in total. The predicted molar refractivity (Wildman–Crippen MR) is 89.8 cm³/mol. The lowest BCUT2D eigenvalue weighted by molar-refractivity contribution is 0.630. The predicted octanol–water partition coefficient (Wildman–Crippen LogP) is 4.32. The minimum absolute atomic E-state index is 0.314. The molecule has 2 aromatic rings. The van der Waals surface area contributed by atoms with Gasteiger partial charge in [-0.25, -0.2) is 9.38 Å². The molecule has 0 amide bonds. The molecule has 0 radical (unpaired) electrons. The molecule has 0 aromatic heterocycles. The molecule has 3 rings (SSSR count). The molecule has 3 nitrogen and oxygen atoms in total. The number of amidine groups is 1. The minimum atomic E-state index is -0.339. The molecule has 0 bridgehead atoms. The smallest absolute Gasteiger partial charge is 0.182 e. The largest absolute Gasteiger partial charge is 0.255 e. The Morgan fingerprint density at radius 1 is 1.19 bits per heavy atom. The molecule has 6 heteroatoms. The molecule has 0 atom stereocenters. The van der Waals surface area contributed by atoms with Crippen molar-refractivity contribution in [2.24, 2.45) is 10.1 Å². The zero-order chi connectivity index (χ0) is 14.7. The second-order valence-electron chi connectivity index (χ2n) is 4.34. The van der Waals surface area contributed by atoms with Crippen LogP contribution in [0.25, 0.3) is 0 Å². The molecule has 106 valence electrons. The first-order valence-corrected chi connectivity index (χ1v) is 8.05. The average molecular weight is 364 g/mol. The summed E-state index contributed by atoms with van der Waals surface area (Å²) in [5.41, 5.74) is 5.18. The van der Waals surface area contributed by atoms with Gasteiger partial charge in [-0.2, -0.15) is 5.10 Å². The van der Waals surface area contributed by atoms with Crippen molar-refractivity contribution in [3.05, 3.63) is 64.4 Å². The Balaban J connectivity index is 1.79. The molecule has 2 aromatic carbocycles. The first-order chi connectivity index (χ1) is 10.2. The van der Waals surface area contributed by atoms with E-state index in [1.807, 2.05) is 24.3 Å². The van der Waals surface area contributed by atoms with Crippen molar-refractivity contribution < 1.29 is 4.39 Å². The summed E-state index contributed by atoms with van der Waals surface area (Å²) in [4.78, 5) is 4.24. The number of thioether (sulfide) groups is 1. The molecule has 0 saturated carbocycles. The van der Waals surface area contributed by atoms with Gasteiger partial charge in [0.2, 0.25) is 0 Å². The van der Waals surface area contributed by atoms with E-state index in [4.69, 9.17) is 0 Å². The van der Waals surface area contributed by atoms with Gasteiger partial charge in [-0.1, -0.05) is 52.0 Å². The van der Waals surface area contributed by atoms with Crippen LogP contribution in [0, 0.1) is 5.82 Å². The van der Waals surface area contributed by atoms with Crippen molar-refractivity contribution in [2.75, 3.05) is 5.75 Å². The monoisotopic (exact) mass is 363 g/mol. The van der Waals surface area contributed by atoms with Crippen LogP contribution >= 0.6 is 27.7 Å². The van der Waals surface area contributed by atoms with E-state index in [9.17, 15) is 4.39 Å². The van der Waals surface area contributed by atoms with Crippen LogP contribution in [-0.2, 0) is 0 Å². The van der Waals surface area contributed by atoms with Crippen LogP contribution in [0.3, 0.4) is 0 Å². The number of nitrogens with one attached hydrogen (secondary N) is 1. The lowest BCUT2D eigenvalue weighted by Crippen LogP contribution is -2.25. The maximum Gasteiger partial charge on any atom is 0.182 e. The van der Waals surface area contributed by atoms with E-state index in [1.54, 1.807) is 18.2 Å². The first kappa shape index (κ1) is 14.3. The van der Waals surface area contributed by atoms with Gasteiger partial charge in [0.05, 0.1) is 5.71 Å². The summed E-state index contributed by atoms with van der Waals surface area (Å²) in [6.07, 6.45) is 0. The fraction of sp³-hybridized carbons (Fsp3) is 0.0667. The fourth-order valence-corrected chi connectivity index (χ4v) is 3.02. The number of para-hydroxylation sites is 1. The molecular weight excluding hydrogens is 353 g/mol. The number of hydrogen-bond donors (Lipinski definition) is 1. The molecule has 1 aliphatic rings. The highest BCUT2D eigenvalue weighted by Gasteiger charge is 2.13. The third-order valence-electron chi connectivity index (χ3n) is 2.86. The Hall–Kier alpha value is -1.66. The SMILES string of the molecule is Fc1ccccc1N=C1NN=C(c2cccc(Br)c2)CS1. The normalized spacial score (nSPS) is 16.5. The van der Waals surface area contributed by atoms with Crippen LogP contribution in [0.15, 0.2) is 63.1 Å². The van der Waals surface area contributed by atoms with Gasteiger partial charge in [-0.3, -0.25) is 5.43 Å². The second kappa shape index (κ2) is 6.41. The molecule has 21 heavy (non-hydrogen) atoms. The van der Waals surface area contributed by atoms with E-state index in [1.165, 1.54) is 17.8 Å². The Kier molecular flexibility index (Phi) is 4.36. The van der Waals surface area contributed by atoms with E-state index in [2.05, 4.69) is 31.4 Å². The summed E-state index contributed by atoms with van der Waals surface area (Å²) in [6.45, 7) is 0. The quantitative estimate of drug-likeness (QED) is 0.862. The molecule has 0 fully saturated rings. The van der Waals surface area contributed by atoms with Crippen LogP contribution < -0.4 is 5.43 Å². The van der Waals surface area contributed by atoms with E-state index < -0.39 is 0 Å². The molecule has 1 heterocycles. The molecule has 0 saturated heterocycles. The summed E-state index contributed by atoms with van der Waals surface area (Å²) in [5, 5.41) is 4.92. The van der Waals surface area contributed by atoms with E-state index in [0.29, 0.717) is 16.6 Å². The van der Waals surface area contributed by atoms with Gasteiger partial charge in [-0.15, -0.1) is 0 Å². The van der Waals surface area contributed by atoms with Gasteiger partial charge < -0.3 is 0 Å². The maximum atomic E-state index is 13.5. The zero-order valence-electron chi connectivity index (χ0n) is 10.9. The highest BCUT2D eigenvalue weighted by Crippen LogP contribution is 2.21. The summed E-state index contributed by atoms with van der Waals surface area (Å²) >= 11 is 4.95. The van der Waals surface area contributed by atoms with Crippen LogP contribution in [0.4, 0.5) is 10.1 Å². The third-order valence-corrected chi connectivity index (χ3v) is 4.23. The highest BCUT2D eigenvalue weighted by molar-refractivity contribution is 9.10. The summed E-state index contributed by atoms with van der Waals surface area (Å²) in [6, 6.07) is 14.4. The van der Waals surface area contributed by atoms with Crippen LogP contribution in [-0.4, -0.2) is 16.6 Å². The van der Waals surface area contributed by atoms with E-state index >= 15 is 0 Å². The van der Waals surface area contributed by atoms with Gasteiger partial charge in [0.25, 0.3) is 0 Å². The first-order valence-electron chi connectivity index (χ1n) is 6.27. The standard InChI is InChI=1S/C15H11BrFN3S/c16-11-5-3-4-10(8-11)14-9-21-15(20-19-14)18-13-7-2-1-6-12(13)17/h1-8H,9H2,(H,18,20). The summed E-state index contributed by atoms with van der Waals surface area (Å²) < 4.78 is 14.6. The Morgan fingerprint density at radius 2 is 2.05 bits per heavy atom. The van der Waals surface area contributed by atoms with Gasteiger partial charge in [0, 0.05) is 10.2 Å². The highest BCUT2D eigenvalue weighted by atomic mass is 79.9. The van der Waals surface area contributed by atoms with Crippen molar-refractivity contribution in [1.29, 1.82) is 0 Å². The van der Waals surface area contributed by atoms with Crippen LogP contribution in [0.2, 0.25) is 0 Å². The fourth-order valence-electron chi connectivity index (χ4n) is 1.84. The number of halogens is 2. The van der Waals surface area contributed by atoms with Crippen molar-refractivity contribution in [1.82, 2.24) is 5.43 Å². The number of nitrogens with zero attached hydrogens (tertiary/aromatic N) is 2. The molecular formula is C15H11BrFN3S. The zero-order valence-corrected chi connectivity index (χ0v) is 13.3. The summed E-state index contributed by atoms with van der Waals surface area (Å²) in [5.74, 6) is 0.352. The number of rotatable bonds is 2. The van der Waals surface area contributed by atoms with E-state index in [-0.39, 0.29) is 5.82 Å². The van der Waals surface area contributed by atoms with Gasteiger partial charge in [0.1, 0.15) is 11.5 Å². The Morgan fingerprint density at radius 3 is 2.76 bits per heavy atom. The number of aliphatic imine (C=N–C) groups is 1. The maximum absolute atomic E-state index is 13.5. The lowest BCUT2D eigenvalue weighted by atomic mass is 10.1. The van der Waals surface area contributed by atoms with Crippen molar-refractivity contribution >= 4 is 44.3 Å². The van der Waals surface area contributed by atoms with Crippen molar-refractivity contribution in [2.45, 2.75) is 0 Å². The van der Waals surface area contributed by atoms with Gasteiger partial charge in [0.15, 0.2) is 5.17 Å². The topological polar surface area (TPSA) is 36.8 Å². The number of benzene rings is 2. The van der Waals surface area contributed by atoms with Gasteiger partial charge >= 0.3 is 0 Å².